The molecule has 2 aromatic rings. The molecule has 5 N–H and O–H groups in total. The largest absolute Gasteiger partial charge is 0.497 e. The Morgan fingerprint density at radius 1 is 1.05 bits per heavy atom. The predicted molar refractivity (Wildman–Crippen MR) is 88.7 cm³/mol. The normalized spacial score (nSPS) is 15.1. The summed E-state index contributed by atoms with van der Waals surface area (Å²) in [5.74, 6) is 0.762. The van der Waals surface area contributed by atoms with Crippen LogP contribution in [-0.4, -0.2) is 24.8 Å². The summed E-state index contributed by atoms with van der Waals surface area (Å²) in [5, 5.41) is 11.3. The minimum Gasteiger partial charge on any atom is -0.497 e. The molecule has 0 aliphatic heterocycles. The van der Waals surface area contributed by atoms with Gasteiger partial charge in [-0.05, 0) is 36.1 Å². The third-order valence-electron chi connectivity index (χ3n) is 4.00. The molecule has 2 aromatic carbocycles. The van der Waals surface area contributed by atoms with Gasteiger partial charge in [-0.2, -0.15) is 0 Å². The van der Waals surface area contributed by atoms with Gasteiger partial charge in [0.15, 0.2) is 0 Å². The highest BCUT2D eigenvalue weighted by Gasteiger charge is 2.31. The number of hydrogen-bond acceptors (Lipinski definition) is 4. The highest BCUT2D eigenvalue weighted by atomic mass is 16.5. The quantitative estimate of drug-likeness (QED) is 0.730. The van der Waals surface area contributed by atoms with Crippen LogP contribution < -0.4 is 16.2 Å². The molecule has 4 nitrogen and oxygen atoms in total. The van der Waals surface area contributed by atoms with Crippen LogP contribution in [-0.2, 0) is 5.60 Å². The number of methoxy groups -OCH3 is 1. The van der Waals surface area contributed by atoms with Crippen molar-refractivity contribution >= 4 is 0 Å². The molecular formula is C18H24N2O2. The first-order chi connectivity index (χ1) is 10.6. The van der Waals surface area contributed by atoms with E-state index in [1.807, 2.05) is 54.6 Å². The summed E-state index contributed by atoms with van der Waals surface area (Å²) in [6, 6.07) is 17.0. The third-order valence-corrected chi connectivity index (χ3v) is 4.00. The second kappa shape index (κ2) is 7.40. The van der Waals surface area contributed by atoms with E-state index in [9.17, 15) is 5.11 Å². The van der Waals surface area contributed by atoms with E-state index in [-0.39, 0.29) is 6.04 Å². The SMILES string of the molecule is COc1ccc(C(O)(CCC(N)CN)c2ccccc2)cc1. The minimum absolute atomic E-state index is 0.117. The van der Waals surface area contributed by atoms with Gasteiger partial charge >= 0.3 is 0 Å². The van der Waals surface area contributed by atoms with Gasteiger partial charge in [-0.15, -0.1) is 0 Å². The summed E-state index contributed by atoms with van der Waals surface area (Å²) in [6.07, 6.45) is 1.16. The molecule has 22 heavy (non-hydrogen) atoms. The Balaban J connectivity index is 2.35. The molecule has 2 rings (SSSR count). The fraction of sp³-hybridized carbons (Fsp3) is 0.333. The molecule has 0 aromatic heterocycles. The molecular weight excluding hydrogens is 276 g/mol. The molecule has 0 fully saturated rings. The van der Waals surface area contributed by atoms with Gasteiger partial charge in [0, 0.05) is 12.6 Å². The van der Waals surface area contributed by atoms with E-state index in [1.54, 1.807) is 7.11 Å². The smallest absolute Gasteiger partial charge is 0.118 e. The van der Waals surface area contributed by atoms with Crippen LogP contribution in [0.25, 0.3) is 0 Å². The lowest BCUT2D eigenvalue weighted by Crippen LogP contribution is -2.34. The number of nitrogens with two attached hydrogens (primary N) is 2. The number of benzene rings is 2. The number of rotatable bonds is 7. The van der Waals surface area contributed by atoms with Crippen LogP contribution >= 0.6 is 0 Å². The van der Waals surface area contributed by atoms with Crippen LogP contribution in [0.3, 0.4) is 0 Å². The van der Waals surface area contributed by atoms with Crippen molar-refractivity contribution in [3.63, 3.8) is 0 Å². The van der Waals surface area contributed by atoms with Crippen molar-refractivity contribution in [1.82, 2.24) is 0 Å². The molecule has 2 atom stereocenters. The molecule has 0 radical (unpaired) electrons. The van der Waals surface area contributed by atoms with E-state index >= 15 is 0 Å². The van der Waals surface area contributed by atoms with Gasteiger partial charge in [-0.25, -0.2) is 0 Å². The van der Waals surface area contributed by atoms with Crippen LogP contribution in [0, 0.1) is 0 Å². The molecule has 4 heteroatoms. The number of aliphatic hydroxyl groups is 1. The van der Waals surface area contributed by atoms with E-state index < -0.39 is 5.60 Å². The zero-order chi connectivity index (χ0) is 16.0. The first-order valence-electron chi connectivity index (χ1n) is 7.48. The van der Waals surface area contributed by atoms with Gasteiger partial charge in [-0.1, -0.05) is 42.5 Å². The Morgan fingerprint density at radius 3 is 2.18 bits per heavy atom. The van der Waals surface area contributed by atoms with Gasteiger partial charge in [0.2, 0.25) is 0 Å². The molecule has 0 saturated heterocycles. The summed E-state index contributed by atoms with van der Waals surface area (Å²) in [5.41, 5.74) is 12.1. The predicted octanol–water partition coefficient (Wildman–Crippen LogP) is 2.00. The van der Waals surface area contributed by atoms with Crippen LogP contribution in [0.5, 0.6) is 5.75 Å². The Morgan fingerprint density at radius 2 is 1.64 bits per heavy atom. The second-order valence-electron chi connectivity index (χ2n) is 5.49. The fourth-order valence-corrected chi connectivity index (χ4v) is 2.55. The van der Waals surface area contributed by atoms with Crippen molar-refractivity contribution in [3.05, 3.63) is 65.7 Å². The zero-order valence-corrected chi connectivity index (χ0v) is 12.9. The molecule has 0 aliphatic carbocycles. The van der Waals surface area contributed by atoms with Gasteiger partial charge in [0.25, 0.3) is 0 Å². The van der Waals surface area contributed by atoms with E-state index in [2.05, 4.69) is 0 Å². The summed E-state index contributed by atoms with van der Waals surface area (Å²) in [4.78, 5) is 0. The monoisotopic (exact) mass is 300 g/mol. The molecule has 0 heterocycles. The lowest BCUT2D eigenvalue weighted by atomic mass is 9.81. The molecule has 0 aliphatic rings. The van der Waals surface area contributed by atoms with Crippen molar-refractivity contribution < 1.29 is 9.84 Å². The lowest BCUT2D eigenvalue weighted by molar-refractivity contribution is 0.0667. The van der Waals surface area contributed by atoms with E-state index in [0.29, 0.717) is 19.4 Å². The van der Waals surface area contributed by atoms with Gasteiger partial charge in [-0.3, -0.25) is 0 Å². The Labute approximate surface area is 131 Å². The van der Waals surface area contributed by atoms with Crippen molar-refractivity contribution in [3.8, 4) is 5.75 Å². The first kappa shape index (κ1) is 16.5. The number of ether oxygens (including phenoxy) is 1. The fourth-order valence-electron chi connectivity index (χ4n) is 2.55. The van der Waals surface area contributed by atoms with E-state index in [1.165, 1.54) is 0 Å². The van der Waals surface area contributed by atoms with Crippen LogP contribution in [0.15, 0.2) is 54.6 Å². The number of hydrogen-bond donors (Lipinski definition) is 3. The Bertz CT molecular complexity index is 571. The summed E-state index contributed by atoms with van der Waals surface area (Å²) < 4.78 is 5.18. The van der Waals surface area contributed by atoms with Crippen LogP contribution in [0.2, 0.25) is 0 Å². The van der Waals surface area contributed by atoms with Crippen molar-refractivity contribution in [2.45, 2.75) is 24.5 Å². The summed E-state index contributed by atoms with van der Waals surface area (Å²) >= 11 is 0. The van der Waals surface area contributed by atoms with E-state index in [4.69, 9.17) is 16.2 Å². The van der Waals surface area contributed by atoms with Crippen molar-refractivity contribution in [2.75, 3.05) is 13.7 Å². The maximum absolute atomic E-state index is 11.3. The standard InChI is InChI=1S/C18H24N2O2/c1-22-17-9-7-15(8-10-17)18(21,12-11-16(20)13-19)14-5-3-2-4-6-14/h2-10,16,21H,11-13,19-20H2,1H3. The third kappa shape index (κ3) is 3.65. The van der Waals surface area contributed by atoms with Gasteiger partial charge < -0.3 is 21.3 Å². The minimum atomic E-state index is -1.08. The molecule has 0 spiro atoms. The Hall–Kier alpha value is -1.88. The molecule has 0 saturated carbocycles. The van der Waals surface area contributed by atoms with Crippen LogP contribution in [0.4, 0.5) is 0 Å². The van der Waals surface area contributed by atoms with Gasteiger partial charge in [0.1, 0.15) is 11.4 Å². The Kier molecular flexibility index (Phi) is 5.55. The van der Waals surface area contributed by atoms with Gasteiger partial charge in [0.05, 0.1) is 7.11 Å². The average Bonchev–Trinajstić information content (AvgIpc) is 2.60. The second-order valence-corrected chi connectivity index (χ2v) is 5.49. The maximum atomic E-state index is 11.3. The zero-order valence-electron chi connectivity index (χ0n) is 12.9. The van der Waals surface area contributed by atoms with Crippen molar-refractivity contribution in [2.24, 2.45) is 11.5 Å². The molecule has 0 amide bonds. The highest BCUT2D eigenvalue weighted by molar-refractivity contribution is 5.38. The first-order valence-corrected chi connectivity index (χ1v) is 7.48. The molecule has 118 valence electrons. The van der Waals surface area contributed by atoms with Crippen LogP contribution in [0.1, 0.15) is 24.0 Å². The molecule has 2 unspecified atom stereocenters. The summed E-state index contributed by atoms with van der Waals surface area (Å²) in [7, 11) is 1.62. The maximum Gasteiger partial charge on any atom is 0.118 e. The molecule has 0 bridgehead atoms. The summed E-state index contributed by atoms with van der Waals surface area (Å²) in [6.45, 7) is 0.410. The van der Waals surface area contributed by atoms with E-state index in [0.717, 1.165) is 16.9 Å². The topological polar surface area (TPSA) is 81.5 Å². The highest BCUT2D eigenvalue weighted by Crippen LogP contribution is 2.35. The van der Waals surface area contributed by atoms with Crippen molar-refractivity contribution in [1.29, 1.82) is 0 Å². The lowest BCUT2D eigenvalue weighted by Gasteiger charge is -2.30. The average molecular weight is 300 g/mol.